The number of furan rings is 1. The van der Waals surface area contributed by atoms with Gasteiger partial charge in [-0.15, -0.1) is 0 Å². The van der Waals surface area contributed by atoms with E-state index in [9.17, 15) is 0 Å². The van der Waals surface area contributed by atoms with Crippen LogP contribution in [0.5, 0.6) is 0 Å². The van der Waals surface area contributed by atoms with Crippen molar-refractivity contribution >= 4 is 60.5 Å². The number of rotatable bonds is 5. The van der Waals surface area contributed by atoms with Gasteiger partial charge in [0.25, 0.3) is 0 Å². The summed E-state index contributed by atoms with van der Waals surface area (Å²) in [5.74, 6) is 0. The standard InChI is InChI=1S/C44H29NO/c1-2-12-36(13-3-1)45(37-24-19-31(20-25-37)35-18-17-30-9-4-5-11-34(30)29-35)38-26-21-33(22-27-38)40-15-8-16-41-43-39-14-7-6-10-32(39)23-28-42(43)46-44(40)41/h1-29H. The quantitative estimate of drug-likeness (QED) is 0.199. The molecule has 0 amide bonds. The summed E-state index contributed by atoms with van der Waals surface area (Å²) in [7, 11) is 0. The average molecular weight is 588 g/mol. The lowest BCUT2D eigenvalue weighted by Gasteiger charge is -2.26. The van der Waals surface area contributed by atoms with Gasteiger partial charge >= 0.3 is 0 Å². The minimum absolute atomic E-state index is 0.917. The van der Waals surface area contributed by atoms with E-state index in [0.717, 1.165) is 44.7 Å². The molecule has 9 aromatic rings. The van der Waals surface area contributed by atoms with E-state index in [2.05, 4.69) is 181 Å². The number of benzene rings is 8. The van der Waals surface area contributed by atoms with Crippen molar-refractivity contribution in [3.63, 3.8) is 0 Å². The molecule has 0 bridgehead atoms. The smallest absolute Gasteiger partial charge is 0.143 e. The molecule has 0 saturated carbocycles. The number of hydrogen-bond acceptors (Lipinski definition) is 2. The van der Waals surface area contributed by atoms with E-state index in [1.807, 2.05) is 0 Å². The van der Waals surface area contributed by atoms with Gasteiger partial charge in [-0.05, 0) is 86.8 Å². The average Bonchev–Trinajstić information content (AvgIpc) is 3.52. The number of hydrogen-bond donors (Lipinski definition) is 0. The van der Waals surface area contributed by atoms with Crippen LogP contribution in [0.4, 0.5) is 17.1 Å². The molecular weight excluding hydrogens is 558 g/mol. The third kappa shape index (κ3) is 4.43. The highest BCUT2D eigenvalue weighted by Gasteiger charge is 2.16. The lowest BCUT2D eigenvalue weighted by atomic mass is 9.99. The number of anilines is 3. The van der Waals surface area contributed by atoms with Gasteiger partial charge in [0.2, 0.25) is 0 Å². The Balaban J connectivity index is 1.10. The molecule has 8 aromatic carbocycles. The SMILES string of the molecule is c1ccc(N(c2ccc(-c3ccc4ccccc4c3)cc2)c2ccc(-c3cccc4c3oc3ccc5ccccc5c34)cc2)cc1. The zero-order valence-electron chi connectivity index (χ0n) is 25.1. The molecule has 0 fully saturated rings. The maximum absolute atomic E-state index is 6.52. The first-order chi connectivity index (χ1) is 22.8. The fourth-order valence-corrected chi connectivity index (χ4v) is 6.78. The summed E-state index contributed by atoms with van der Waals surface area (Å²) in [4.78, 5) is 2.31. The Morgan fingerprint density at radius 3 is 1.74 bits per heavy atom. The summed E-state index contributed by atoms with van der Waals surface area (Å²) in [6, 6.07) is 62.6. The highest BCUT2D eigenvalue weighted by Crippen LogP contribution is 2.41. The van der Waals surface area contributed by atoms with Crippen LogP contribution < -0.4 is 4.90 Å². The van der Waals surface area contributed by atoms with Crippen molar-refractivity contribution in [2.24, 2.45) is 0 Å². The van der Waals surface area contributed by atoms with Crippen molar-refractivity contribution in [2.45, 2.75) is 0 Å². The lowest BCUT2D eigenvalue weighted by Crippen LogP contribution is -2.09. The fourth-order valence-electron chi connectivity index (χ4n) is 6.78. The second-order valence-corrected chi connectivity index (χ2v) is 11.8. The van der Waals surface area contributed by atoms with Crippen molar-refractivity contribution in [3.05, 3.63) is 176 Å². The first kappa shape index (κ1) is 26.3. The van der Waals surface area contributed by atoms with E-state index in [1.54, 1.807) is 0 Å². The Labute approximate surface area is 267 Å². The van der Waals surface area contributed by atoms with E-state index in [1.165, 1.54) is 38.1 Å². The molecule has 0 saturated heterocycles. The van der Waals surface area contributed by atoms with E-state index < -0.39 is 0 Å². The monoisotopic (exact) mass is 587 g/mol. The molecule has 0 atom stereocenters. The fraction of sp³-hybridized carbons (Fsp3) is 0. The van der Waals surface area contributed by atoms with Crippen LogP contribution in [0.25, 0.3) is 65.7 Å². The maximum Gasteiger partial charge on any atom is 0.143 e. The minimum atomic E-state index is 0.917. The van der Waals surface area contributed by atoms with Gasteiger partial charge in [-0.3, -0.25) is 0 Å². The molecule has 0 radical (unpaired) electrons. The third-order valence-electron chi connectivity index (χ3n) is 9.05. The highest BCUT2D eigenvalue weighted by atomic mass is 16.3. The molecular formula is C44H29NO. The number of fused-ring (bicyclic) bond motifs is 6. The molecule has 216 valence electrons. The molecule has 0 N–H and O–H groups in total. The normalized spacial score (nSPS) is 11.5. The van der Waals surface area contributed by atoms with E-state index in [-0.39, 0.29) is 0 Å². The molecule has 1 heterocycles. The zero-order chi connectivity index (χ0) is 30.5. The molecule has 2 nitrogen and oxygen atoms in total. The predicted molar refractivity (Wildman–Crippen MR) is 194 cm³/mol. The number of para-hydroxylation sites is 2. The van der Waals surface area contributed by atoms with Crippen LogP contribution in [0.3, 0.4) is 0 Å². The van der Waals surface area contributed by atoms with Crippen molar-refractivity contribution in [2.75, 3.05) is 4.90 Å². The molecule has 0 aliphatic carbocycles. The van der Waals surface area contributed by atoms with Gasteiger partial charge in [-0.1, -0.05) is 127 Å². The minimum Gasteiger partial charge on any atom is -0.455 e. The highest BCUT2D eigenvalue weighted by molar-refractivity contribution is 6.20. The van der Waals surface area contributed by atoms with Crippen LogP contribution in [0.1, 0.15) is 0 Å². The van der Waals surface area contributed by atoms with Crippen LogP contribution in [-0.4, -0.2) is 0 Å². The third-order valence-corrected chi connectivity index (χ3v) is 9.05. The predicted octanol–water partition coefficient (Wildman–Crippen LogP) is 12.7. The summed E-state index contributed by atoms with van der Waals surface area (Å²) in [6.07, 6.45) is 0. The Morgan fingerprint density at radius 2 is 0.957 bits per heavy atom. The first-order valence-electron chi connectivity index (χ1n) is 15.7. The molecule has 1 aromatic heterocycles. The summed E-state index contributed by atoms with van der Waals surface area (Å²) in [6.45, 7) is 0. The number of nitrogens with zero attached hydrogens (tertiary/aromatic N) is 1. The van der Waals surface area contributed by atoms with Crippen LogP contribution in [0, 0.1) is 0 Å². The molecule has 2 heteroatoms. The first-order valence-corrected chi connectivity index (χ1v) is 15.7. The van der Waals surface area contributed by atoms with Gasteiger partial charge in [-0.25, -0.2) is 0 Å². The van der Waals surface area contributed by atoms with Crippen molar-refractivity contribution in [1.82, 2.24) is 0 Å². The largest absolute Gasteiger partial charge is 0.455 e. The lowest BCUT2D eigenvalue weighted by molar-refractivity contribution is 0.670. The van der Waals surface area contributed by atoms with E-state index in [4.69, 9.17) is 4.42 Å². The Kier molecular flexibility index (Phi) is 6.17. The molecule has 46 heavy (non-hydrogen) atoms. The van der Waals surface area contributed by atoms with E-state index >= 15 is 0 Å². The van der Waals surface area contributed by atoms with Gasteiger partial charge < -0.3 is 9.32 Å². The van der Waals surface area contributed by atoms with Crippen molar-refractivity contribution in [3.8, 4) is 22.3 Å². The van der Waals surface area contributed by atoms with Gasteiger partial charge in [0.05, 0.1) is 0 Å². The molecule has 0 unspecified atom stereocenters. The Bertz CT molecular complexity index is 2510. The molecule has 0 aliphatic heterocycles. The Morgan fingerprint density at radius 1 is 0.370 bits per heavy atom. The summed E-state index contributed by atoms with van der Waals surface area (Å²) < 4.78 is 6.52. The summed E-state index contributed by atoms with van der Waals surface area (Å²) in [5.41, 5.74) is 9.78. The van der Waals surface area contributed by atoms with E-state index in [0.29, 0.717) is 0 Å². The van der Waals surface area contributed by atoms with Crippen molar-refractivity contribution in [1.29, 1.82) is 0 Å². The van der Waals surface area contributed by atoms with Crippen LogP contribution in [0.2, 0.25) is 0 Å². The van der Waals surface area contributed by atoms with Crippen molar-refractivity contribution < 1.29 is 4.42 Å². The van der Waals surface area contributed by atoms with Crippen LogP contribution in [0.15, 0.2) is 180 Å². The van der Waals surface area contributed by atoms with Gasteiger partial charge in [0, 0.05) is 33.4 Å². The second kappa shape index (κ2) is 10.8. The zero-order valence-corrected chi connectivity index (χ0v) is 25.1. The molecule has 9 rings (SSSR count). The maximum atomic E-state index is 6.52. The second-order valence-electron chi connectivity index (χ2n) is 11.8. The van der Waals surface area contributed by atoms with Gasteiger partial charge in [0.1, 0.15) is 11.2 Å². The summed E-state index contributed by atoms with van der Waals surface area (Å²) in [5, 5.41) is 7.27. The van der Waals surface area contributed by atoms with Crippen LogP contribution >= 0.6 is 0 Å². The molecule has 0 aliphatic rings. The van der Waals surface area contributed by atoms with Crippen LogP contribution in [-0.2, 0) is 0 Å². The Hall–Kier alpha value is -6.12. The van der Waals surface area contributed by atoms with Gasteiger partial charge in [0.15, 0.2) is 0 Å². The topological polar surface area (TPSA) is 16.4 Å². The van der Waals surface area contributed by atoms with Gasteiger partial charge in [-0.2, -0.15) is 0 Å². The summed E-state index contributed by atoms with van der Waals surface area (Å²) >= 11 is 0. The molecule has 0 spiro atoms.